The minimum atomic E-state index is 0.541. The average molecular weight is 321 g/mol. The third kappa shape index (κ3) is 3.70. The fourth-order valence-electron chi connectivity index (χ4n) is 2.95. The number of pyridine rings is 1. The Bertz CT molecular complexity index is 845. The normalized spacial score (nSPS) is 11.2. The van der Waals surface area contributed by atoms with E-state index in [1.807, 2.05) is 19.1 Å². The molecule has 2 heterocycles. The standard InChI is InChI=1S/C20H23N3O/c1-12(2)6-18-11-17(10-15(5)21-18)20-22-19(23-24-20)16-8-13(3)7-14(4)9-16/h7-12H,6H2,1-5H3. The van der Waals surface area contributed by atoms with Gasteiger partial charge in [-0.2, -0.15) is 4.98 Å². The molecule has 0 radical (unpaired) electrons. The van der Waals surface area contributed by atoms with Crippen LogP contribution in [0, 0.1) is 26.7 Å². The molecule has 3 aromatic rings. The first-order valence-electron chi connectivity index (χ1n) is 8.31. The van der Waals surface area contributed by atoms with Gasteiger partial charge in [-0.3, -0.25) is 4.98 Å². The predicted octanol–water partition coefficient (Wildman–Crippen LogP) is 4.92. The predicted molar refractivity (Wildman–Crippen MR) is 95.7 cm³/mol. The molecule has 0 aliphatic heterocycles. The lowest BCUT2D eigenvalue weighted by Crippen LogP contribution is -1.99. The van der Waals surface area contributed by atoms with Crippen molar-refractivity contribution in [2.75, 3.05) is 0 Å². The monoisotopic (exact) mass is 321 g/mol. The van der Waals surface area contributed by atoms with Gasteiger partial charge in [0.15, 0.2) is 0 Å². The molecular weight excluding hydrogens is 298 g/mol. The second-order valence-corrected chi connectivity index (χ2v) is 6.89. The molecule has 2 aromatic heterocycles. The summed E-state index contributed by atoms with van der Waals surface area (Å²) in [7, 11) is 0. The van der Waals surface area contributed by atoms with Crippen molar-refractivity contribution in [2.24, 2.45) is 5.92 Å². The molecule has 0 saturated carbocycles. The van der Waals surface area contributed by atoms with Gasteiger partial charge in [0.1, 0.15) is 0 Å². The minimum Gasteiger partial charge on any atom is -0.334 e. The molecule has 24 heavy (non-hydrogen) atoms. The summed E-state index contributed by atoms with van der Waals surface area (Å²) in [4.78, 5) is 9.19. The van der Waals surface area contributed by atoms with Gasteiger partial charge < -0.3 is 4.52 Å². The Morgan fingerprint density at radius 1 is 0.875 bits per heavy atom. The molecule has 0 bridgehead atoms. The SMILES string of the molecule is Cc1cc(C)cc(-c2noc(-c3cc(C)nc(CC(C)C)c3)n2)c1. The fourth-order valence-corrected chi connectivity index (χ4v) is 2.95. The van der Waals surface area contributed by atoms with Gasteiger partial charge in [0, 0.05) is 22.5 Å². The number of nitrogens with zero attached hydrogens (tertiary/aromatic N) is 3. The van der Waals surface area contributed by atoms with Gasteiger partial charge in [0.2, 0.25) is 5.82 Å². The van der Waals surface area contributed by atoms with Crippen molar-refractivity contribution in [2.45, 2.75) is 41.0 Å². The lowest BCUT2D eigenvalue weighted by atomic mass is 10.1. The van der Waals surface area contributed by atoms with Crippen LogP contribution >= 0.6 is 0 Å². The van der Waals surface area contributed by atoms with Crippen LogP contribution in [0.1, 0.15) is 36.4 Å². The highest BCUT2D eigenvalue weighted by molar-refractivity contribution is 5.61. The van der Waals surface area contributed by atoms with E-state index >= 15 is 0 Å². The van der Waals surface area contributed by atoms with Gasteiger partial charge in [-0.25, -0.2) is 0 Å². The zero-order valence-electron chi connectivity index (χ0n) is 14.9. The summed E-state index contributed by atoms with van der Waals surface area (Å²) >= 11 is 0. The molecule has 1 aromatic carbocycles. The molecule has 0 saturated heterocycles. The van der Waals surface area contributed by atoms with Gasteiger partial charge in [-0.05, 0) is 57.4 Å². The molecule has 4 heteroatoms. The maximum atomic E-state index is 5.51. The second kappa shape index (κ2) is 6.56. The molecule has 4 nitrogen and oxygen atoms in total. The molecule has 0 fully saturated rings. The summed E-state index contributed by atoms with van der Waals surface area (Å²) in [5, 5.41) is 4.16. The van der Waals surface area contributed by atoms with Crippen LogP contribution in [-0.2, 0) is 6.42 Å². The minimum absolute atomic E-state index is 0.541. The third-order valence-corrected chi connectivity index (χ3v) is 3.78. The summed E-state index contributed by atoms with van der Waals surface area (Å²) in [6.07, 6.45) is 0.937. The summed E-state index contributed by atoms with van der Waals surface area (Å²) < 4.78 is 5.51. The average Bonchev–Trinajstić information content (AvgIpc) is 2.94. The first-order chi connectivity index (χ1) is 11.4. The summed E-state index contributed by atoms with van der Waals surface area (Å²) in [5.74, 6) is 1.72. The Balaban J connectivity index is 1.97. The van der Waals surface area contributed by atoms with E-state index in [1.165, 1.54) is 11.1 Å². The van der Waals surface area contributed by atoms with Crippen molar-refractivity contribution in [3.63, 3.8) is 0 Å². The van der Waals surface area contributed by atoms with Crippen LogP contribution < -0.4 is 0 Å². The van der Waals surface area contributed by atoms with E-state index < -0.39 is 0 Å². The number of benzene rings is 1. The Morgan fingerprint density at radius 3 is 2.25 bits per heavy atom. The van der Waals surface area contributed by atoms with Crippen molar-refractivity contribution in [1.29, 1.82) is 0 Å². The van der Waals surface area contributed by atoms with Crippen LogP contribution in [0.4, 0.5) is 0 Å². The molecule has 0 unspecified atom stereocenters. The van der Waals surface area contributed by atoms with Crippen LogP contribution in [0.2, 0.25) is 0 Å². The molecule has 3 rings (SSSR count). The highest BCUT2D eigenvalue weighted by Crippen LogP contribution is 2.25. The third-order valence-electron chi connectivity index (χ3n) is 3.78. The fraction of sp³-hybridized carbons (Fsp3) is 0.350. The zero-order chi connectivity index (χ0) is 17.3. The van der Waals surface area contributed by atoms with Gasteiger partial charge >= 0.3 is 0 Å². The number of hydrogen-bond donors (Lipinski definition) is 0. The summed E-state index contributed by atoms with van der Waals surface area (Å²) in [5.41, 5.74) is 6.32. The first kappa shape index (κ1) is 16.4. The Morgan fingerprint density at radius 2 is 1.58 bits per heavy atom. The maximum Gasteiger partial charge on any atom is 0.258 e. The van der Waals surface area contributed by atoms with Crippen molar-refractivity contribution in [3.05, 3.63) is 52.8 Å². The lowest BCUT2D eigenvalue weighted by Gasteiger charge is -2.06. The van der Waals surface area contributed by atoms with Gasteiger partial charge in [-0.1, -0.05) is 36.2 Å². The van der Waals surface area contributed by atoms with Crippen LogP contribution in [0.25, 0.3) is 22.8 Å². The molecule has 124 valence electrons. The highest BCUT2D eigenvalue weighted by Gasteiger charge is 2.13. The summed E-state index contributed by atoms with van der Waals surface area (Å²) in [6, 6.07) is 10.3. The van der Waals surface area contributed by atoms with E-state index in [0.717, 1.165) is 28.9 Å². The zero-order valence-corrected chi connectivity index (χ0v) is 14.9. The van der Waals surface area contributed by atoms with Crippen LogP contribution in [0.15, 0.2) is 34.9 Å². The number of aryl methyl sites for hydroxylation is 3. The van der Waals surface area contributed by atoms with E-state index in [0.29, 0.717) is 17.6 Å². The van der Waals surface area contributed by atoms with Crippen molar-refractivity contribution >= 4 is 0 Å². The van der Waals surface area contributed by atoms with Crippen molar-refractivity contribution in [1.82, 2.24) is 15.1 Å². The first-order valence-corrected chi connectivity index (χ1v) is 8.31. The molecular formula is C20H23N3O. The van der Waals surface area contributed by atoms with Gasteiger partial charge in [0.25, 0.3) is 5.89 Å². The Labute approximate surface area is 143 Å². The van der Waals surface area contributed by atoms with Crippen LogP contribution in [0.3, 0.4) is 0 Å². The van der Waals surface area contributed by atoms with Crippen LogP contribution in [-0.4, -0.2) is 15.1 Å². The molecule has 0 amide bonds. The van der Waals surface area contributed by atoms with Crippen molar-refractivity contribution < 1.29 is 4.52 Å². The molecule has 0 aliphatic rings. The van der Waals surface area contributed by atoms with E-state index in [9.17, 15) is 0 Å². The molecule has 0 spiro atoms. The Hall–Kier alpha value is -2.49. The van der Waals surface area contributed by atoms with Gasteiger partial charge in [-0.15, -0.1) is 0 Å². The van der Waals surface area contributed by atoms with E-state index in [2.05, 4.69) is 61.0 Å². The lowest BCUT2D eigenvalue weighted by molar-refractivity contribution is 0.432. The summed E-state index contributed by atoms with van der Waals surface area (Å²) in [6.45, 7) is 10.5. The highest BCUT2D eigenvalue weighted by atomic mass is 16.5. The molecule has 0 atom stereocenters. The van der Waals surface area contributed by atoms with E-state index in [1.54, 1.807) is 0 Å². The smallest absolute Gasteiger partial charge is 0.258 e. The quantitative estimate of drug-likeness (QED) is 0.684. The topological polar surface area (TPSA) is 51.8 Å². The van der Waals surface area contributed by atoms with E-state index in [4.69, 9.17) is 4.52 Å². The second-order valence-electron chi connectivity index (χ2n) is 6.89. The number of aromatic nitrogens is 3. The van der Waals surface area contributed by atoms with Crippen LogP contribution in [0.5, 0.6) is 0 Å². The Kier molecular flexibility index (Phi) is 4.47. The number of hydrogen-bond acceptors (Lipinski definition) is 4. The molecule has 0 aliphatic carbocycles. The molecule has 0 N–H and O–H groups in total. The maximum absolute atomic E-state index is 5.51. The van der Waals surface area contributed by atoms with Gasteiger partial charge in [0.05, 0.1) is 0 Å². The van der Waals surface area contributed by atoms with Crippen molar-refractivity contribution in [3.8, 4) is 22.8 Å². The largest absolute Gasteiger partial charge is 0.334 e. The van der Waals surface area contributed by atoms with E-state index in [-0.39, 0.29) is 0 Å². The number of rotatable bonds is 4.